The molecular weight excluding hydrogens is 281 g/mol. The summed E-state index contributed by atoms with van der Waals surface area (Å²) in [5.74, 6) is 0.588. The van der Waals surface area contributed by atoms with Crippen molar-refractivity contribution in [1.29, 1.82) is 5.26 Å². The molecule has 0 fully saturated rings. The number of hydrogen-bond donors (Lipinski definition) is 0. The van der Waals surface area contributed by atoms with Crippen molar-refractivity contribution in [2.45, 2.75) is 5.88 Å². The van der Waals surface area contributed by atoms with E-state index >= 15 is 0 Å². The minimum Gasteiger partial charge on any atom is -0.497 e. The maximum Gasteiger partial charge on any atom is 0.166 e. The maximum atomic E-state index is 13.8. The molecule has 0 aliphatic carbocycles. The molecule has 0 bridgehead atoms. The van der Waals surface area contributed by atoms with Gasteiger partial charge in [-0.25, -0.2) is 4.39 Å². The van der Waals surface area contributed by atoms with E-state index in [4.69, 9.17) is 26.3 Å². The summed E-state index contributed by atoms with van der Waals surface area (Å²) < 4.78 is 24.3. The highest BCUT2D eigenvalue weighted by Crippen LogP contribution is 2.29. The topological polar surface area (TPSA) is 42.2 Å². The predicted molar refractivity (Wildman–Crippen MR) is 73.7 cm³/mol. The number of rotatable bonds is 4. The van der Waals surface area contributed by atoms with E-state index in [9.17, 15) is 4.39 Å². The van der Waals surface area contributed by atoms with Crippen LogP contribution in [0.25, 0.3) is 0 Å². The zero-order valence-electron chi connectivity index (χ0n) is 10.7. The fourth-order valence-electron chi connectivity index (χ4n) is 1.65. The summed E-state index contributed by atoms with van der Waals surface area (Å²) in [7, 11) is 1.48. The second kappa shape index (κ2) is 6.27. The Balaban J connectivity index is 2.32. The molecule has 0 atom stereocenters. The second-order valence-corrected chi connectivity index (χ2v) is 4.28. The van der Waals surface area contributed by atoms with Gasteiger partial charge in [-0.05, 0) is 29.8 Å². The Labute approximate surface area is 121 Å². The van der Waals surface area contributed by atoms with Crippen LogP contribution < -0.4 is 9.47 Å². The Morgan fingerprint density at radius 3 is 2.55 bits per heavy atom. The average Bonchev–Trinajstić information content (AvgIpc) is 2.48. The Hall–Kier alpha value is -2.25. The first kappa shape index (κ1) is 14.2. The number of nitriles is 1. The van der Waals surface area contributed by atoms with E-state index < -0.39 is 5.82 Å². The van der Waals surface area contributed by atoms with Gasteiger partial charge < -0.3 is 9.47 Å². The molecule has 0 amide bonds. The third-order valence-electron chi connectivity index (χ3n) is 2.62. The summed E-state index contributed by atoms with van der Waals surface area (Å²) in [5.41, 5.74) is 1.04. The number of hydrogen-bond acceptors (Lipinski definition) is 3. The van der Waals surface area contributed by atoms with Crippen LogP contribution in [-0.2, 0) is 5.88 Å². The van der Waals surface area contributed by atoms with Crippen LogP contribution in [0.1, 0.15) is 11.1 Å². The third kappa shape index (κ3) is 3.19. The number of halogens is 2. The van der Waals surface area contributed by atoms with Crippen LogP contribution in [0, 0.1) is 17.1 Å². The van der Waals surface area contributed by atoms with Crippen LogP contribution in [-0.4, -0.2) is 7.11 Å². The van der Waals surface area contributed by atoms with Crippen LogP contribution >= 0.6 is 11.6 Å². The standard InChI is InChI=1S/C15H11ClFNO2/c1-19-12-4-11(9-18)5-13(7-12)20-15-3-2-10(8-16)6-14(15)17/h2-7H,8H2,1H3. The monoisotopic (exact) mass is 291 g/mol. The van der Waals surface area contributed by atoms with Crippen LogP contribution in [0.2, 0.25) is 0 Å². The zero-order valence-corrected chi connectivity index (χ0v) is 11.4. The van der Waals surface area contributed by atoms with Crippen molar-refractivity contribution in [1.82, 2.24) is 0 Å². The van der Waals surface area contributed by atoms with E-state index in [0.717, 1.165) is 0 Å². The first-order chi connectivity index (χ1) is 9.66. The highest BCUT2D eigenvalue weighted by atomic mass is 35.5. The molecule has 0 radical (unpaired) electrons. The van der Waals surface area contributed by atoms with Crippen LogP contribution in [0.3, 0.4) is 0 Å². The Morgan fingerprint density at radius 2 is 1.95 bits per heavy atom. The van der Waals surface area contributed by atoms with Gasteiger partial charge in [0.25, 0.3) is 0 Å². The molecule has 20 heavy (non-hydrogen) atoms. The van der Waals surface area contributed by atoms with Gasteiger partial charge in [0.2, 0.25) is 0 Å². The smallest absolute Gasteiger partial charge is 0.166 e. The summed E-state index contributed by atoms with van der Waals surface area (Å²) in [5, 5.41) is 8.92. The van der Waals surface area contributed by atoms with Crippen molar-refractivity contribution >= 4 is 11.6 Å². The van der Waals surface area contributed by atoms with E-state index in [1.807, 2.05) is 6.07 Å². The van der Waals surface area contributed by atoms with Gasteiger partial charge in [0, 0.05) is 11.9 Å². The van der Waals surface area contributed by atoms with E-state index in [1.165, 1.54) is 25.3 Å². The molecule has 0 spiro atoms. The largest absolute Gasteiger partial charge is 0.497 e. The van der Waals surface area contributed by atoms with Gasteiger partial charge in [-0.15, -0.1) is 11.6 Å². The first-order valence-electron chi connectivity index (χ1n) is 5.77. The number of methoxy groups -OCH3 is 1. The lowest BCUT2D eigenvalue weighted by Gasteiger charge is -2.09. The lowest BCUT2D eigenvalue weighted by molar-refractivity contribution is 0.405. The molecule has 0 heterocycles. The summed E-state index contributed by atoms with van der Waals surface area (Å²) in [6.07, 6.45) is 0. The van der Waals surface area contributed by atoms with E-state index in [2.05, 4.69) is 0 Å². The molecule has 102 valence electrons. The molecule has 0 aromatic heterocycles. The lowest BCUT2D eigenvalue weighted by Crippen LogP contribution is -1.92. The van der Waals surface area contributed by atoms with Gasteiger partial charge in [-0.3, -0.25) is 0 Å². The fourth-order valence-corrected chi connectivity index (χ4v) is 1.82. The Morgan fingerprint density at radius 1 is 1.20 bits per heavy atom. The van der Waals surface area contributed by atoms with Crippen molar-refractivity contribution in [3.63, 3.8) is 0 Å². The minimum atomic E-state index is -0.510. The SMILES string of the molecule is COc1cc(C#N)cc(Oc2ccc(CCl)cc2F)c1. The number of alkyl halides is 1. The van der Waals surface area contributed by atoms with Gasteiger partial charge >= 0.3 is 0 Å². The van der Waals surface area contributed by atoms with Gasteiger partial charge in [0.1, 0.15) is 11.5 Å². The molecule has 3 nitrogen and oxygen atoms in total. The van der Waals surface area contributed by atoms with Gasteiger partial charge in [0.15, 0.2) is 11.6 Å². The second-order valence-electron chi connectivity index (χ2n) is 4.01. The molecule has 0 aliphatic heterocycles. The van der Waals surface area contributed by atoms with Crippen molar-refractivity contribution in [2.75, 3.05) is 7.11 Å². The summed E-state index contributed by atoms with van der Waals surface area (Å²) in [6, 6.07) is 11.1. The average molecular weight is 292 g/mol. The molecular formula is C15H11ClFNO2. The molecule has 5 heteroatoms. The van der Waals surface area contributed by atoms with Crippen LogP contribution in [0.5, 0.6) is 17.2 Å². The van der Waals surface area contributed by atoms with E-state index in [1.54, 1.807) is 18.2 Å². The van der Waals surface area contributed by atoms with E-state index in [-0.39, 0.29) is 11.6 Å². The molecule has 0 unspecified atom stereocenters. The minimum absolute atomic E-state index is 0.0657. The number of nitrogens with zero attached hydrogens (tertiary/aromatic N) is 1. The third-order valence-corrected chi connectivity index (χ3v) is 2.93. The normalized spacial score (nSPS) is 9.90. The number of ether oxygens (including phenoxy) is 2. The van der Waals surface area contributed by atoms with Crippen LogP contribution in [0.4, 0.5) is 4.39 Å². The first-order valence-corrected chi connectivity index (χ1v) is 6.31. The van der Waals surface area contributed by atoms with Crippen LogP contribution in [0.15, 0.2) is 36.4 Å². The van der Waals surface area contributed by atoms with Gasteiger partial charge in [-0.2, -0.15) is 5.26 Å². The molecule has 0 aliphatic rings. The quantitative estimate of drug-likeness (QED) is 0.791. The highest BCUT2D eigenvalue weighted by molar-refractivity contribution is 6.17. The maximum absolute atomic E-state index is 13.8. The molecule has 2 aromatic rings. The van der Waals surface area contributed by atoms with Gasteiger partial charge in [-0.1, -0.05) is 6.07 Å². The zero-order chi connectivity index (χ0) is 14.5. The molecule has 2 aromatic carbocycles. The molecule has 0 N–H and O–H groups in total. The molecule has 2 rings (SSSR count). The lowest BCUT2D eigenvalue weighted by atomic mass is 10.2. The van der Waals surface area contributed by atoms with Crippen molar-refractivity contribution in [3.05, 3.63) is 53.3 Å². The summed E-state index contributed by atoms with van der Waals surface area (Å²) in [6.45, 7) is 0. The number of benzene rings is 2. The fraction of sp³-hybridized carbons (Fsp3) is 0.133. The Kier molecular flexibility index (Phi) is 4.44. The van der Waals surface area contributed by atoms with Crippen molar-refractivity contribution < 1.29 is 13.9 Å². The van der Waals surface area contributed by atoms with Crippen molar-refractivity contribution in [3.8, 4) is 23.3 Å². The summed E-state index contributed by atoms with van der Waals surface area (Å²) in [4.78, 5) is 0. The highest BCUT2D eigenvalue weighted by Gasteiger charge is 2.08. The van der Waals surface area contributed by atoms with E-state index in [0.29, 0.717) is 22.6 Å². The Bertz CT molecular complexity index is 667. The predicted octanol–water partition coefficient (Wildman–Crippen LogP) is 4.24. The van der Waals surface area contributed by atoms with Crippen molar-refractivity contribution in [2.24, 2.45) is 0 Å². The van der Waals surface area contributed by atoms with Gasteiger partial charge in [0.05, 0.1) is 18.7 Å². The molecule has 0 saturated heterocycles. The molecule has 0 saturated carbocycles. The summed E-state index contributed by atoms with van der Waals surface area (Å²) >= 11 is 5.63.